The fraction of sp³-hybridized carbons (Fsp3) is 0.400. The van der Waals surface area contributed by atoms with E-state index in [1.807, 2.05) is 0 Å². The Labute approximate surface area is 114 Å². The molecular weight excluding hydrogens is 293 g/mol. The van der Waals surface area contributed by atoms with Gasteiger partial charge < -0.3 is 4.90 Å². The molecule has 1 amide bonds. The van der Waals surface area contributed by atoms with Gasteiger partial charge in [-0.15, -0.1) is 0 Å². The molecule has 0 radical (unpaired) electrons. The van der Waals surface area contributed by atoms with Gasteiger partial charge in [0.1, 0.15) is 0 Å². The third kappa shape index (κ3) is 3.29. The van der Waals surface area contributed by atoms with Crippen molar-refractivity contribution in [3.63, 3.8) is 0 Å². The molecule has 0 bridgehead atoms. The zero-order chi connectivity index (χ0) is 14.2. The van der Waals surface area contributed by atoms with Crippen LogP contribution < -0.4 is 4.72 Å². The van der Waals surface area contributed by atoms with Crippen LogP contribution in [0.1, 0.15) is 10.6 Å². The van der Waals surface area contributed by atoms with Crippen molar-refractivity contribution in [2.24, 2.45) is 0 Å². The molecule has 1 aromatic rings. The van der Waals surface area contributed by atoms with Crippen molar-refractivity contribution in [2.45, 2.75) is 13.0 Å². The maximum absolute atomic E-state index is 12.8. The highest BCUT2D eigenvalue weighted by atomic mass is 32.2. The van der Waals surface area contributed by atoms with E-state index in [0.29, 0.717) is 13.0 Å². The molecule has 0 saturated heterocycles. The topological polar surface area (TPSA) is 79.4 Å². The van der Waals surface area contributed by atoms with Crippen LogP contribution in [0.25, 0.3) is 0 Å². The molecule has 2 rings (SSSR count). The summed E-state index contributed by atoms with van der Waals surface area (Å²) in [5.74, 6) is -1.74. The molecule has 1 aliphatic rings. The van der Waals surface area contributed by atoms with Crippen LogP contribution in [0.2, 0.25) is 0 Å². The standard InChI is InChI=1S/C10H12FN3O3S2/c1-6(11)9(15)14-4-3-7-8(5-14)18-10(12-7)13-19(2,16)17/h1,3-5H2,2H3,(H,12,13). The number of sulfonamides is 1. The van der Waals surface area contributed by atoms with E-state index in [9.17, 15) is 17.6 Å². The molecule has 104 valence electrons. The van der Waals surface area contributed by atoms with Crippen LogP contribution in [0.3, 0.4) is 0 Å². The number of amides is 1. The highest BCUT2D eigenvalue weighted by Gasteiger charge is 2.25. The lowest BCUT2D eigenvalue weighted by molar-refractivity contribution is -0.129. The lowest BCUT2D eigenvalue weighted by Crippen LogP contribution is -2.35. The Morgan fingerprint density at radius 2 is 2.26 bits per heavy atom. The first-order valence-electron chi connectivity index (χ1n) is 5.36. The van der Waals surface area contributed by atoms with Gasteiger partial charge >= 0.3 is 0 Å². The van der Waals surface area contributed by atoms with Crippen molar-refractivity contribution >= 4 is 32.4 Å². The van der Waals surface area contributed by atoms with E-state index in [-0.39, 0.29) is 11.7 Å². The minimum atomic E-state index is -3.38. The Balaban J connectivity index is 2.18. The number of carbonyl (C=O) groups is 1. The second kappa shape index (κ2) is 4.89. The first kappa shape index (κ1) is 13.9. The second-order valence-corrected chi connectivity index (χ2v) is 6.98. The zero-order valence-electron chi connectivity index (χ0n) is 10.1. The Hall–Kier alpha value is -1.48. The quantitative estimate of drug-likeness (QED) is 0.841. The number of rotatable bonds is 3. The minimum Gasteiger partial charge on any atom is -0.331 e. The number of nitrogens with zero attached hydrogens (tertiary/aromatic N) is 2. The average molecular weight is 305 g/mol. The first-order valence-corrected chi connectivity index (χ1v) is 8.07. The molecule has 19 heavy (non-hydrogen) atoms. The van der Waals surface area contributed by atoms with Gasteiger partial charge in [0.15, 0.2) is 11.0 Å². The van der Waals surface area contributed by atoms with Gasteiger partial charge in [-0.3, -0.25) is 9.52 Å². The summed E-state index contributed by atoms with van der Waals surface area (Å²) in [7, 11) is -3.38. The summed E-state index contributed by atoms with van der Waals surface area (Å²) < 4.78 is 37.3. The van der Waals surface area contributed by atoms with Gasteiger partial charge in [-0.05, 0) is 0 Å². The average Bonchev–Trinajstić information content (AvgIpc) is 2.65. The number of anilines is 1. The third-order valence-corrected chi connectivity index (χ3v) is 4.21. The lowest BCUT2D eigenvalue weighted by Gasteiger charge is -2.25. The van der Waals surface area contributed by atoms with Crippen molar-refractivity contribution in [3.8, 4) is 0 Å². The molecule has 0 saturated carbocycles. The minimum absolute atomic E-state index is 0.222. The van der Waals surface area contributed by atoms with Gasteiger partial charge in [0, 0.05) is 17.8 Å². The Kier molecular flexibility index (Phi) is 3.59. The molecule has 1 aliphatic heterocycles. The first-order chi connectivity index (χ1) is 8.76. The largest absolute Gasteiger partial charge is 0.331 e. The summed E-state index contributed by atoms with van der Waals surface area (Å²) in [6, 6.07) is 0. The van der Waals surface area contributed by atoms with Gasteiger partial charge in [-0.2, -0.15) is 0 Å². The molecule has 0 fully saturated rings. The number of hydrogen-bond acceptors (Lipinski definition) is 5. The van der Waals surface area contributed by atoms with E-state index in [1.165, 1.54) is 4.90 Å². The van der Waals surface area contributed by atoms with Gasteiger partial charge in [-0.1, -0.05) is 17.9 Å². The second-order valence-electron chi connectivity index (χ2n) is 4.14. The molecule has 2 heterocycles. The number of aromatic nitrogens is 1. The molecule has 0 aliphatic carbocycles. The van der Waals surface area contributed by atoms with E-state index in [2.05, 4.69) is 16.3 Å². The summed E-state index contributed by atoms with van der Waals surface area (Å²) >= 11 is 1.15. The lowest BCUT2D eigenvalue weighted by atomic mass is 10.2. The zero-order valence-corrected chi connectivity index (χ0v) is 11.8. The fourth-order valence-corrected chi connectivity index (χ4v) is 3.60. The Morgan fingerprint density at radius 3 is 2.84 bits per heavy atom. The van der Waals surface area contributed by atoms with Crippen LogP contribution in [0.5, 0.6) is 0 Å². The van der Waals surface area contributed by atoms with Crippen LogP contribution in [0.4, 0.5) is 9.52 Å². The van der Waals surface area contributed by atoms with Crippen LogP contribution >= 0.6 is 11.3 Å². The number of halogens is 1. The van der Waals surface area contributed by atoms with Crippen molar-refractivity contribution in [1.29, 1.82) is 0 Å². The maximum atomic E-state index is 12.8. The molecule has 9 heteroatoms. The maximum Gasteiger partial charge on any atom is 0.282 e. The molecule has 6 nitrogen and oxygen atoms in total. The third-order valence-electron chi connectivity index (χ3n) is 2.52. The smallest absolute Gasteiger partial charge is 0.282 e. The van der Waals surface area contributed by atoms with E-state index in [1.54, 1.807) is 0 Å². The van der Waals surface area contributed by atoms with Gasteiger partial charge in [-0.25, -0.2) is 17.8 Å². The monoisotopic (exact) mass is 305 g/mol. The molecule has 0 spiro atoms. The summed E-state index contributed by atoms with van der Waals surface area (Å²) in [5.41, 5.74) is 0.740. The van der Waals surface area contributed by atoms with Crippen LogP contribution in [-0.4, -0.2) is 37.0 Å². The summed E-state index contributed by atoms with van der Waals surface area (Å²) in [6.45, 7) is 3.54. The Bertz CT molecular complexity index is 638. The fourth-order valence-electron chi connectivity index (χ4n) is 1.74. The van der Waals surface area contributed by atoms with Crippen LogP contribution in [0, 0.1) is 0 Å². The molecular formula is C10H12FN3O3S2. The van der Waals surface area contributed by atoms with Gasteiger partial charge in [0.05, 0.1) is 18.5 Å². The van der Waals surface area contributed by atoms with Crippen LogP contribution in [0.15, 0.2) is 12.4 Å². The molecule has 1 aromatic heterocycles. The normalized spacial score (nSPS) is 14.9. The van der Waals surface area contributed by atoms with Crippen molar-refractivity contribution in [1.82, 2.24) is 9.88 Å². The number of carbonyl (C=O) groups excluding carboxylic acids is 1. The highest BCUT2D eigenvalue weighted by Crippen LogP contribution is 2.29. The number of thiazole rings is 1. The van der Waals surface area contributed by atoms with Crippen molar-refractivity contribution in [3.05, 3.63) is 23.0 Å². The molecule has 0 aromatic carbocycles. The predicted molar refractivity (Wildman–Crippen MR) is 69.9 cm³/mol. The summed E-state index contributed by atoms with van der Waals surface area (Å²) in [4.78, 5) is 17.7. The Morgan fingerprint density at radius 1 is 1.58 bits per heavy atom. The van der Waals surface area contributed by atoms with E-state index >= 15 is 0 Å². The summed E-state index contributed by atoms with van der Waals surface area (Å²) in [6.07, 6.45) is 1.51. The number of fused-ring (bicyclic) bond motifs is 1. The number of nitrogens with one attached hydrogen (secondary N) is 1. The molecule has 1 N–H and O–H groups in total. The van der Waals surface area contributed by atoms with Gasteiger partial charge in [0.2, 0.25) is 10.0 Å². The SMILES string of the molecule is C=C(F)C(=O)N1CCc2nc(NS(C)(=O)=O)sc2C1. The molecule has 0 unspecified atom stereocenters. The van der Waals surface area contributed by atoms with Crippen LogP contribution in [-0.2, 0) is 27.8 Å². The van der Waals surface area contributed by atoms with Crippen molar-refractivity contribution in [2.75, 3.05) is 17.5 Å². The summed E-state index contributed by atoms with van der Waals surface area (Å²) in [5, 5.41) is 0.265. The number of hydrogen-bond donors (Lipinski definition) is 1. The van der Waals surface area contributed by atoms with E-state index < -0.39 is 21.8 Å². The van der Waals surface area contributed by atoms with Gasteiger partial charge in [0.25, 0.3) is 5.91 Å². The van der Waals surface area contributed by atoms with Crippen molar-refractivity contribution < 1.29 is 17.6 Å². The highest BCUT2D eigenvalue weighted by molar-refractivity contribution is 7.92. The van der Waals surface area contributed by atoms with E-state index in [4.69, 9.17) is 0 Å². The van der Waals surface area contributed by atoms with E-state index in [0.717, 1.165) is 28.2 Å². The molecule has 0 atom stereocenters. The predicted octanol–water partition coefficient (Wildman–Crippen LogP) is 0.883.